The number of aromatic nitrogens is 2. The van der Waals surface area contributed by atoms with Crippen molar-refractivity contribution in [2.75, 3.05) is 19.5 Å². The first-order valence-electron chi connectivity index (χ1n) is 7.63. The van der Waals surface area contributed by atoms with Gasteiger partial charge in [0.2, 0.25) is 5.89 Å². The van der Waals surface area contributed by atoms with Crippen LogP contribution in [0, 0.1) is 0 Å². The summed E-state index contributed by atoms with van der Waals surface area (Å²) in [4.78, 5) is 1.14. The average molecular weight is 378 g/mol. The van der Waals surface area contributed by atoms with Gasteiger partial charge < -0.3 is 19.0 Å². The van der Waals surface area contributed by atoms with Crippen LogP contribution in [0.15, 0.2) is 51.4 Å². The molecule has 3 aromatic rings. The largest absolute Gasteiger partial charge is 0.497 e. The van der Waals surface area contributed by atoms with Gasteiger partial charge in [0.05, 0.1) is 26.4 Å². The van der Waals surface area contributed by atoms with Crippen LogP contribution in [0.4, 0.5) is 0 Å². The van der Waals surface area contributed by atoms with Crippen molar-refractivity contribution in [3.05, 3.63) is 46.7 Å². The van der Waals surface area contributed by atoms with Crippen molar-refractivity contribution in [1.29, 1.82) is 0 Å². The molecule has 0 spiro atoms. The highest BCUT2D eigenvalue weighted by molar-refractivity contribution is 7.99. The van der Waals surface area contributed by atoms with Crippen molar-refractivity contribution < 1.29 is 19.0 Å². The summed E-state index contributed by atoms with van der Waals surface area (Å²) in [5.41, 5.74) is 0.819. The molecule has 1 atom stereocenters. The van der Waals surface area contributed by atoms with Crippen molar-refractivity contribution in [1.82, 2.24) is 10.2 Å². The molecule has 0 fully saturated rings. The van der Waals surface area contributed by atoms with Gasteiger partial charge in [0.1, 0.15) is 5.75 Å². The molecule has 0 radical (unpaired) electrons. The van der Waals surface area contributed by atoms with Gasteiger partial charge in [-0.2, -0.15) is 0 Å². The van der Waals surface area contributed by atoms with E-state index < -0.39 is 6.10 Å². The zero-order valence-corrected chi connectivity index (χ0v) is 15.3. The second-order valence-corrected chi connectivity index (χ2v) is 7.16. The van der Waals surface area contributed by atoms with Crippen LogP contribution in [0.5, 0.6) is 5.75 Å². The molecule has 0 amide bonds. The van der Waals surface area contributed by atoms with E-state index in [-0.39, 0.29) is 6.61 Å². The van der Waals surface area contributed by atoms with E-state index >= 15 is 0 Å². The van der Waals surface area contributed by atoms with Gasteiger partial charge in [0.15, 0.2) is 0 Å². The molecule has 0 aliphatic carbocycles. The Kier molecular flexibility index (Phi) is 6.46. The van der Waals surface area contributed by atoms with E-state index in [2.05, 4.69) is 10.2 Å². The molecule has 1 N–H and O–H groups in total. The Hall–Kier alpha value is -1.87. The Balaban J connectivity index is 1.44. The zero-order valence-electron chi connectivity index (χ0n) is 13.6. The number of benzene rings is 1. The van der Waals surface area contributed by atoms with Crippen LogP contribution in [0.3, 0.4) is 0 Å². The summed E-state index contributed by atoms with van der Waals surface area (Å²) in [7, 11) is 1.62. The number of hydrogen-bond donors (Lipinski definition) is 1. The van der Waals surface area contributed by atoms with Gasteiger partial charge in [-0.1, -0.05) is 17.8 Å². The molecule has 6 nitrogen and oxygen atoms in total. The van der Waals surface area contributed by atoms with Crippen LogP contribution >= 0.6 is 23.1 Å². The molecule has 0 unspecified atom stereocenters. The normalized spacial score (nSPS) is 12.2. The quantitative estimate of drug-likeness (QED) is 0.571. The van der Waals surface area contributed by atoms with E-state index in [1.54, 1.807) is 18.4 Å². The van der Waals surface area contributed by atoms with Gasteiger partial charge in [-0.15, -0.1) is 21.5 Å². The lowest BCUT2D eigenvalue weighted by Gasteiger charge is -2.08. The Morgan fingerprint density at radius 3 is 2.80 bits per heavy atom. The summed E-state index contributed by atoms with van der Waals surface area (Å²) in [5.74, 6) is 1.63. The van der Waals surface area contributed by atoms with Gasteiger partial charge in [0, 0.05) is 16.2 Å². The lowest BCUT2D eigenvalue weighted by atomic mass is 10.2. The molecular weight excluding hydrogens is 360 g/mol. The smallest absolute Gasteiger partial charge is 0.276 e. The first-order valence-corrected chi connectivity index (χ1v) is 9.50. The zero-order chi connectivity index (χ0) is 17.5. The van der Waals surface area contributed by atoms with Crippen LogP contribution in [0.1, 0.15) is 4.88 Å². The summed E-state index contributed by atoms with van der Waals surface area (Å²) in [6.45, 7) is 0.784. The molecule has 0 saturated heterocycles. The number of hydrogen-bond acceptors (Lipinski definition) is 8. The standard InChI is InChI=1S/C17H18N2O4S2/c1-21-14-6-4-12(5-7-14)16-18-19-17(23-16)25-11-13(20)9-22-10-15-3-2-8-24-15/h2-8,13,20H,9-11H2,1H3/t13-/m0/s1. The molecule has 0 aliphatic heterocycles. The molecule has 0 saturated carbocycles. The molecule has 0 bridgehead atoms. The third-order valence-corrected chi connectivity index (χ3v) is 5.09. The number of aliphatic hydroxyl groups excluding tert-OH is 1. The maximum atomic E-state index is 9.97. The van der Waals surface area contributed by atoms with E-state index in [0.717, 1.165) is 16.2 Å². The van der Waals surface area contributed by atoms with E-state index in [9.17, 15) is 5.11 Å². The minimum atomic E-state index is -0.596. The van der Waals surface area contributed by atoms with Gasteiger partial charge in [-0.25, -0.2) is 0 Å². The topological polar surface area (TPSA) is 77.6 Å². The number of methoxy groups -OCH3 is 1. The second kappa shape index (κ2) is 9.00. The highest BCUT2D eigenvalue weighted by atomic mass is 32.2. The predicted molar refractivity (Wildman–Crippen MR) is 97.0 cm³/mol. The number of nitrogens with zero attached hydrogens (tertiary/aromatic N) is 2. The maximum absolute atomic E-state index is 9.97. The Morgan fingerprint density at radius 1 is 1.24 bits per heavy atom. The lowest BCUT2D eigenvalue weighted by molar-refractivity contribution is 0.0408. The summed E-state index contributed by atoms with van der Waals surface area (Å²) < 4.78 is 16.2. The van der Waals surface area contributed by atoms with Crippen LogP contribution in [-0.4, -0.2) is 40.9 Å². The van der Waals surface area contributed by atoms with Crippen LogP contribution in [0.25, 0.3) is 11.5 Å². The molecule has 25 heavy (non-hydrogen) atoms. The predicted octanol–water partition coefficient (Wildman–Crippen LogP) is 3.48. The number of rotatable bonds is 9. The van der Waals surface area contributed by atoms with Gasteiger partial charge in [0.25, 0.3) is 5.22 Å². The fourth-order valence-electron chi connectivity index (χ4n) is 2.02. The van der Waals surface area contributed by atoms with Gasteiger partial charge in [-0.3, -0.25) is 0 Å². The molecule has 132 valence electrons. The number of aliphatic hydroxyl groups is 1. The lowest BCUT2D eigenvalue weighted by Crippen LogP contribution is -2.17. The summed E-state index contributed by atoms with van der Waals surface area (Å²) in [6, 6.07) is 11.4. The van der Waals surface area contributed by atoms with Crippen LogP contribution in [-0.2, 0) is 11.3 Å². The first kappa shape index (κ1) is 17.9. The fraction of sp³-hybridized carbons (Fsp3) is 0.294. The minimum absolute atomic E-state index is 0.268. The van der Waals surface area contributed by atoms with E-state index in [4.69, 9.17) is 13.9 Å². The molecule has 0 aliphatic rings. The number of ether oxygens (including phenoxy) is 2. The van der Waals surface area contributed by atoms with Gasteiger partial charge >= 0.3 is 0 Å². The molecule has 1 aromatic carbocycles. The van der Waals surface area contributed by atoms with Crippen molar-refractivity contribution in [3.8, 4) is 17.2 Å². The Bertz CT molecular complexity index is 759. The van der Waals surface area contributed by atoms with Crippen molar-refractivity contribution >= 4 is 23.1 Å². The fourth-order valence-corrected chi connectivity index (χ4v) is 3.33. The van der Waals surface area contributed by atoms with E-state index in [0.29, 0.717) is 23.5 Å². The maximum Gasteiger partial charge on any atom is 0.276 e. The van der Waals surface area contributed by atoms with E-state index in [1.165, 1.54) is 11.8 Å². The molecule has 8 heteroatoms. The third-order valence-electron chi connectivity index (χ3n) is 3.28. The summed E-state index contributed by atoms with van der Waals surface area (Å²) >= 11 is 2.94. The second-order valence-electron chi connectivity index (χ2n) is 5.16. The third kappa shape index (κ3) is 5.30. The summed E-state index contributed by atoms with van der Waals surface area (Å²) in [5, 5.41) is 20.4. The number of thioether (sulfide) groups is 1. The highest BCUT2D eigenvalue weighted by Gasteiger charge is 2.12. The Morgan fingerprint density at radius 2 is 2.08 bits per heavy atom. The monoisotopic (exact) mass is 378 g/mol. The molecule has 2 heterocycles. The van der Waals surface area contributed by atoms with Crippen molar-refractivity contribution in [2.45, 2.75) is 17.9 Å². The summed E-state index contributed by atoms with van der Waals surface area (Å²) in [6.07, 6.45) is -0.596. The van der Waals surface area contributed by atoms with Crippen molar-refractivity contribution in [2.24, 2.45) is 0 Å². The molecule has 3 rings (SSSR count). The minimum Gasteiger partial charge on any atom is -0.497 e. The highest BCUT2D eigenvalue weighted by Crippen LogP contribution is 2.25. The molecular formula is C17H18N2O4S2. The Labute approximate surface area is 153 Å². The number of thiophene rings is 1. The average Bonchev–Trinajstić information content (AvgIpc) is 3.32. The van der Waals surface area contributed by atoms with Gasteiger partial charge in [-0.05, 0) is 35.7 Å². The SMILES string of the molecule is COc1ccc(-c2nnc(SC[C@@H](O)COCc3cccs3)o2)cc1. The molecule has 2 aromatic heterocycles. The first-order chi connectivity index (χ1) is 12.2. The van der Waals surface area contributed by atoms with E-state index in [1.807, 2.05) is 41.8 Å². The van der Waals surface area contributed by atoms with Crippen molar-refractivity contribution in [3.63, 3.8) is 0 Å². The van der Waals surface area contributed by atoms with Crippen LogP contribution < -0.4 is 4.74 Å². The van der Waals surface area contributed by atoms with Crippen LogP contribution in [0.2, 0.25) is 0 Å².